The minimum absolute atomic E-state index is 0.00714. The van der Waals surface area contributed by atoms with Crippen LogP contribution in [0.2, 0.25) is 0 Å². The number of hydrogen-bond acceptors (Lipinski definition) is 18. The van der Waals surface area contributed by atoms with Crippen LogP contribution >= 0.6 is 23.5 Å². The number of nitro benzene ring substituents is 2. The van der Waals surface area contributed by atoms with Crippen molar-refractivity contribution in [3.8, 4) is 0 Å². The topological polar surface area (TPSA) is 244 Å². The first-order valence-electron chi connectivity index (χ1n) is 26.5. The van der Waals surface area contributed by atoms with Crippen molar-refractivity contribution in [2.45, 2.75) is 68.1 Å². The fourth-order valence-corrected chi connectivity index (χ4v) is 11.6. The van der Waals surface area contributed by atoms with Crippen molar-refractivity contribution in [3.05, 3.63) is 250 Å². The molecule has 84 heavy (non-hydrogen) atoms. The van der Waals surface area contributed by atoms with Gasteiger partial charge in [0.15, 0.2) is 23.0 Å². The van der Waals surface area contributed by atoms with Crippen molar-refractivity contribution in [2.24, 2.45) is 10.3 Å². The van der Waals surface area contributed by atoms with Gasteiger partial charge in [0.2, 0.25) is 11.6 Å². The first-order valence-corrected chi connectivity index (χ1v) is 28.2. The van der Waals surface area contributed by atoms with Gasteiger partial charge in [-0.1, -0.05) is 101 Å². The zero-order valence-electron chi connectivity index (χ0n) is 45.8. The molecule has 6 aromatic rings. The Balaban J connectivity index is 0.851. The number of nitro groups is 2. The van der Waals surface area contributed by atoms with Gasteiger partial charge in [0.05, 0.1) is 22.0 Å². The lowest BCUT2D eigenvalue weighted by atomic mass is 9.92. The van der Waals surface area contributed by atoms with Gasteiger partial charge < -0.3 is 19.3 Å². The van der Waals surface area contributed by atoms with E-state index < -0.39 is 39.5 Å². The molecule has 2 atom stereocenters. The Hall–Kier alpha value is -9.50. The lowest BCUT2D eigenvalue weighted by Gasteiger charge is -2.35. The van der Waals surface area contributed by atoms with E-state index >= 15 is 0 Å². The van der Waals surface area contributed by atoms with Crippen molar-refractivity contribution in [3.63, 3.8) is 0 Å². The van der Waals surface area contributed by atoms with Crippen molar-refractivity contribution in [1.82, 2.24) is 0 Å². The lowest BCUT2D eigenvalue weighted by Crippen LogP contribution is -2.39. The van der Waals surface area contributed by atoms with Crippen LogP contribution in [-0.2, 0) is 28.8 Å². The van der Waals surface area contributed by atoms with E-state index in [0.717, 1.165) is 39.7 Å². The molecule has 0 aromatic heterocycles. The zero-order chi connectivity index (χ0) is 59.6. The Kier molecular flexibility index (Phi) is 18.7. The first-order chi connectivity index (χ1) is 40.4. The number of ether oxygens (including phenoxy) is 1. The number of hydrogen-bond donors (Lipinski definition) is 0. The highest BCUT2D eigenvalue weighted by Gasteiger charge is 2.35. The fraction of sp³-hybridized carbons (Fsp3) is 0.188. The maximum atomic E-state index is 14.5. The number of anilines is 1. The molecule has 2 unspecified atom stereocenters. The molecule has 0 spiro atoms. The number of nitrogens with zero attached hydrogens (tertiary/aromatic N) is 5. The van der Waals surface area contributed by atoms with Gasteiger partial charge in [0, 0.05) is 110 Å². The number of carbonyl (C=O) groups excluding carboxylic acids is 6. The van der Waals surface area contributed by atoms with Crippen LogP contribution in [0.3, 0.4) is 0 Å². The summed E-state index contributed by atoms with van der Waals surface area (Å²) in [7, 11) is 0. The highest BCUT2D eigenvalue weighted by molar-refractivity contribution is 8.03. The zero-order valence-corrected chi connectivity index (χ0v) is 47.5. The molecule has 0 amide bonds. The number of benzene rings is 6. The van der Waals surface area contributed by atoms with E-state index in [0.29, 0.717) is 48.2 Å². The Bertz CT molecular complexity index is 3850. The number of allylic oxidation sites excluding steroid dienone is 7. The second-order valence-electron chi connectivity index (χ2n) is 19.6. The maximum absolute atomic E-state index is 14.5. The van der Waals surface area contributed by atoms with Crippen molar-refractivity contribution < 1.29 is 53.0 Å². The van der Waals surface area contributed by atoms with E-state index in [4.69, 9.17) is 14.4 Å². The van der Waals surface area contributed by atoms with E-state index in [1.165, 1.54) is 66.8 Å². The van der Waals surface area contributed by atoms with Crippen molar-refractivity contribution in [1.29, 1.82) is 0 Å². The molecule has 0 N–H and O–H groups in total. The van der Waals surface area contributed by atoms with E-state index in [2.05, 4.69) is 10.3 Å². The summed E-state index contributed by atoms with van der Waals surface area (Å²) in [6.07, 6.45) is 9.71. The maximum Gasteiger partial charge on any atom is 0.332 e. The van der Waals surface area contributed by atoms with Crippen LogP contribution in [0.1, 0.15) is 104 Å². The molecule has 424 valence electrons. The summed E-state index contributed by atoms with van der Waals surface area (Å²) >= 11 is 3.02. The molecular formula is C64H53N5O13S2. The van der Waals surface area contributed by atoms with Gasteiger partial charge >= 0.3 is 11.9 Å². The van der Waals surface area contributed by atoms with Crippen LogP contribution in [0.25, 0.3) is 0 Å². The summed E-state index contributed by atoms with van der Waals surface area (Å²) in [6, 6.07) is 36.8. The Labute approximate surface area is 490 Å². The minimum atomic E-state index is -0.963. The number of ketones is 4. The summed E-state index contributed by atoms with van der Waals surface area (Å²) in [5.41, 5.74) is 3.68. The first kappa shape index (κ1) is 59.1. The molecule has 2 aliphatic carbocycles. The van der Waals surface area contributed by atoms with Crippen LogP contribution in [0.15, 0.2) is 200 Å². The highest BCUT2D eigenvalue weighted by Crippen LogP contribution is 2.38. The molecule has 9 rings (SSSR count). The van der Waals surface area contributed by atoms with Gasteiger partial charge in [-0.05, 0) is 116 Å². The predicted molar refractivity (Wildman–Crippen MR) is 319 cm³/mol. The number of thioether (sulfide) groups is 2. The molecular weight excluding hydrogens is 1110 g/mol. The largest absolute Gasteiger partial charge is 0.370 e. The molecule has 0 saturated carbocycles. The average molecular weight is 1160 g/mol. The van der Waals surface area contributed by atoms with Crippen LogP contribution in [0, 0.1) is 34.1 Å². The predicted octanol–water partition coefficient (Wildman–Crippen LogP) is 12.5. The van der Waals surface area contributed by atoms with E-state index in [1.807, 2.05) is 66.4 Å². The minimum Gasteiger partial charge on any atom is -0.370 e. The van der Waals surface area contributed by atoms with Crippen molar-refractivity contribution in [2.75, 3.05) is 24.6 Å². The number of Topliss-reactive ketones (excluding diaryl/α,β-unsaturated/α-hetero) is 3. The number of carbonyl (C=O) groups is 6. The van der Waals surface area contributed by atoms with Crippen LogP contribution < -0.4 is 4.90 Å². The molecule has 1 aliphatic heterocycles. The van der Waals surface area contributed by atoms with Crippen LogP contribution in [0.4, 0.5) is 17.1 Å². The normalized spacial score (nSPS) is 16.1. The van der Waals surface area contributed by atoms with Gasteiger partial charge in [-0.25, -0.2) is 9.59 Å². The van der Waals surface area contributed by atoms with E-state index in [-0.39, 0.29) is 86.2 Å². The second kappa shape index (κ2) is 26.6. The van der Waals surface area contributed by atoms with Crippen LogP contribution in [0.5, 0.6) is 0 Å². The van der Waals surface area contributed by atoms with Gasteiger partial charge in [0.25, 0.3) is 11.4 Å². The molecule has 1 fully saturated rings. The van der Waals surface area contributed by atoms with E-state index in [9.17, 15) is 49.0 Å². The number of oxime groups is 2. The fourth-order valence-electron chi connectivity index (χ4n) is 9.74. The Morgan fingerprint density at radius 1 is 0.643 bits per heavy atom. The third kappa shape index (κ3) is 13.9. The highest BCUT2D eigenvalue weighted by atomic mass is 32.2. The lowest BCUT2D eigenvalue weighted by molar-refractivity contribution is -0.386. The monoisotopic (exact) mass is 1160 g/mol. The average Bonchev–Trinajstić information content (AvgIpc) is 1.86. The third-order valence-corrected chi connectivity index (χ3v) is 16.3. The molecule has 20 heteroatoms. The summed E-state index contributed by atoms with van der Waals surface area (Å²) in [4.78, 5) is 117. The third-order valence-electron chi connectivity index (χ3n) is 14.0. The number of rotatable bonds is 20. The SMILES string of the molecule is CC(=O)O/N=C(\C(=O)C1=CCC(Sc2ccc(C(=O)c3ccc(N4CCOC(c5c(/C(=N/OC(C)=O)C(=O)c6ccc(SC7=CC=C(C(=O)c8ccccc8C)CC7)cc6)cccc5[N+](=O)[O-])C4)cc3)cc2)C=C1)c1cccc([N+](=O)[O-])c1C. The molecule has 6 aromatic carbocycles. The van der Waals surface area contributed by atoms with Crippen molar-refractivity contribution >= 4 is 87.1 Å². The van der Waals surface area contributed by atoms with Gasteiger partial charge in [-0.2, -0.15) is 0 Å². The summed E-state index contributed by atoms with van der Waals surface area (Å²) < 4.78 is 6.22. The molecule has 1 saturated heterocycles. The number of aryl methyl sites for hydroxylation is 1. The molecule has 18 nitrogen and oxygen atoms in total. The Morgan fingerprint density at radius 3 is 1.85 bits per heavy atom. The quantitative estimate of drug-likeness (QED) is 0.0227. The smallest absolute Gasteiger partial charge is 0.332 e. The standard InChI is InChI=1S/C64H53N5O13S2/c1-38-9-5-6-10-52(38)62(73)44-19-29-49(30-20-44)84-51-33-23-46(24-34-51)64(75)60(66-82-41(4)71)54-12-8-14-56(69(78)79)58(54)57-37-67(35-36-80-57)47-25-15-42(16-26-47)61(72)43-17-27-48(28-18-43)83-50-31-21-45(22-32-50)63(74)59(65-81-40(3)70)53-11-7-13-55(39(53)2)68(76)77/h5-19,21-29,31,33-34,50,57H,20,30,32,35-37H2,1-4H3/b65-59-,66-60-. The molecule has 3 aliphatic rings. The summed E-state index contributed by atoms with van der Waals surface area (Å²) in [5, 5.41) is 32.0. The molecule has 0 radical (unpaired) electrons. The van der Waals surface area contributed by atoms with Gasteiger partial charge in [0.1, 0.15) is 6.10 Å². The molecule has 1 heterocycles. The molecule has 0 bridgehead atoms. The van der Waals surface area contributed by atoms with Gasteiger partial charge in [-0.15, -0.1) is 11.8 Å². The summed E-state index contributed by atoms with van der Waals surface area (Å²) in [5.74, 6) is -3.02. The van der Waals surface area contributed by atoms with Gasteiger partial charge in [-0.3, -0.25) is 39.4 Å². The van der Waals surface area contributed by atoms with E-state index in [1.54, 1.807) is 72.8 Å². The number of morpholine rings is 1. The second-order valence-corrected chi connectivity index (χ2v) is 22.1. The Morgan fingerprint density at radius 2 is 1.24 bits per heavy atom. The van der Waals surface area contributed by atoms with Crippen LogP contribution in [-0.4, -0.2) is 81.3 Å². The summed E-state index contributed by atoms with van der Waals surface area (Å²) in [6.45, 7) is 6.29.